The smallest absolute Gasteiger partial charge is 0 e. The number of rotatable bonds is 0. The Morgan fingerprint density at radius 1 is 0.541 bits per heavy atom. The van der Waals surface area contributed by atoms with Gasteiger partial charge in [-0.15, -0.1) is 65.7 Å². The van der Waals surface area contributed by atoms with Gasteiger partial charge in [-0.3, -0.25) is 6.08 Å². The van der Waals surface area contributed by atoms with Crippen LogP contribution >= 0.6 is 0 Å². The van der Waals surface area contributed by atoms with Crippen LogP contribution in [0.1, 0.15) is 6.42 Å². The third kappa shape index (κ3) is 13.4. The summed E-state index contributed by atoms with van der Waals surface area (Å²) >= 11 is 0. The molecule has 0 atom stereocenters. The molecule has 0 aromatic heterocycles. The molecule has 0 fully saturated rings. The number of hydrogen-bond acceptors (Lipinski definition) is 0. The Bertz CT molecular complexity index is 1130. The van der Waals surface area contributed by atoms with Gasteiger partial charge in [0.15, 0.2) is 0 Å². The van der Waals surface area contributed by atoms with E-state index in [1.54, 1.807) is 0 Å². The molecule has 0 spiro atoms. The summed E-state index contributed by atoms with van der Waals surface area (Å²) in [5.74, 6) is 0. The molecule has 186 valence electrons. The van der Waals surface area contributed by atoms with Crippen LogP contribution in [-0.4, -0.2) is 0 Å². The van der Waals surface area contributed by atoms with E-state index in [4.69, 9.17) is 0 Å². The Morgan fingerprint density at radius 3 is 1.27 bits per heavy atom. The van der Waals surface area contributed by atoms with Crippen LogP contribution in [0.15, 0.2) is 164 Å². The molecule has 1 aliphatic carbocycles. The molecule has 0 bridgehead atoms. The predicted molar refractivity (Wildman–Crippen MR) is 158 cm³/mol. The van der Waals surface area contributed by atoms with E-state index in [0.717, 1.165) is 6.42 Å². The maximum absolute atomic E-state index is 2.99. The van der Waals surface area contributed by atoms with Crippen molar-refractivity contribution in [3.05, 3.63) is 189 Å². The summed E-state index contributed by atoms with van der Waals surface area (Å²) in [4.78, 5) is 0. The van der Waals surface area contributed by atoms with Crippen molar-refractivity contribution in [2.24, 2.45) is 0 Å². The Hall–Kier alpha value is -3.54. The number of benzene rings is 4. The van der Waals surface area contributed by atoms with Crippen LogP contribution in [0, 0.1) is 25.6 Å². The summed E-state index contributed by atoms with van der Waals surface area (Å²) < 4.78 is 0. The molecule has 6 aromatic carbocycles. The van der Waals surface area contributed by atoms with E-state index in [0.29, 0.717) is 0 Å². The van der Waals surface area contributed by atoms with Crippen LogP contribution in [0.5, 0.6) is 0 Å². The Morgan fingerprint density at radius 2 is 1.00 bits per heavy atom. The molecule has 7 rings (SSSR count). The zero-order valence-electron chi connectivity index (χ0n) is 21.3. The van der Waals surface area contributed by atoms with Crippen molar-refractivity contribution in [1.29, 1.82) is 0 Å². The van der Waals surface area contributed by atoms with Crippen LogP contribution in [0.3, 0.4) is 0 Å². The summed E-state index contributed by atoms with van der Waals surface area (Å²) in [7, 11) is 0. The van der Waals surface area contributed by atoms with E-state index < -0.39 is 0 Å². The van der Waals surface area contributed by atoms with E-state index in [-0.39, 0.29) is 33.6 Å². The maximum atomic E-state index is 2.99. The zero-order chi connectivity index (χ0) is 24.2. The fraction of sp³-hybridized carbons (Fsp3) is 0.0278. The van der Waals surface area contributed by atoms with Crippen molar-refractivity contribution in [3.8, 4) is 0 Å². The quantitative estimate of drug-likeness (QED) is 0.164. The van der Waals surface area contributed by atoms with Crippen molar-refractivity contribution in [2.75, 3.05) is 0 Å². The summed E-state index contributed by atoms with van der Waals surface area (Å²) in [6.07, 6.45) is 10.0. The first-order valence-electron chi connectivity index (χ1n) is 11.7. The van der Waals surface area contributed by atoms with E-state index in [1.165, 1.54) is 21.5 Å². The number of hydrogen-bond donors (Lipinski definition) is 0. The first kappa shape index (κ1) is 31.5. The molecule has 0 heterocycles. The third-order valence-electron chi connectivity index (χ3n) is 4.90. The summed E-state index contributed by atoms with van der Waals surface area (Å²) in [6, 6.07) is 54.3. The van der Waals surface area contributed by atoms with Gasteiger partial charge in [0.2, 0.25) is 0 Å². The molecule has 37 heavy (non-hydrogen) atoms. The molecular formula is C36H32Zr-6. The van der Waals surface area contributed by atoms with Gasteiger partial charge < -0.3 is 7.43 Å². The molecule has 1 heteroatoms. The molecule has 0 saturated carbocycles. The third-order valence-corrected chi connectivity index (χ3v) is 4.90. The largest absolute Gasteiger partial charge is 0.358 e. The van der Waals surface area contributed by atoms with E-state index in [1.807, 2.05) is 72.8 Å². The van der Waals surface area contributed by atoms with E-state index in [9.17, 15) is 0 Å². The SMILES string of the molecule is [C-]1=CC=CC1.[CH3-].[Zr].[c-]1ccccc1.[c-]1ccccc1.c1ccc2[cH-]ccc2c1.c1ccc2[cH-]ccc2c1. The van der Waals surface area contributed by atoms with Gasteiger partial charge in [0.25, 0.3) is 0 Å². The van der Waals surface area contributed by atoms with Gasteiger partial charge in [-0.2, -0.15) is 114 Å². The molecular weight excluding hydrogens is 524 g/mol. The monoisotopic (exact) mass is 554 g/mol. The molecule has 0 aliphatic heterocycles. The van der Waals surface area contributed by atoms with Crippen LogP contribution in [0.4, 0.5) is 0 Å². The van der Waals surface area contributed by atoms with Gasteiger partial charge in [-0.1, -0.05) is 12.1 Å². The average Bonchev–Trinajstić information content (AvgIpc) is 3.75. The first-order valence-corrected chi connectivity index (χ1v) is 11.7. The minimum Gasteiger partial charge on any atom is -0.358 e. The fourth-order valence-corrected chi connectivity index (χ4v) is 3.16. The minimum absolute atomic E-state index is 0. The van der Waals surface area contributed by atoms with Gasteiger partial charge >= 0.3 is 0 Å². The molecule has 0 radical (unpaired) electrons. The van der Waals surface area contributed by atoms with Crippen LogP contribution in [0.2, 0.25) is 0 Å². The summed E-state index contributed by atoms with van der Waals surface area (Å²) in [5, 5.41) is 5.32. The van der Waals surface area contributed by atoms with Crippen molar-refractivity contribution >= 4 is 21.5 Å². The Balaban J connectivity index is 0.000000233. The number of fused-ring (bicyclic) bond motifs is 2. The summed E-state index contributed by atoms with van der Waals surface area (Å²) in [5.41, 5.74) is 0. The first-order chi connectivity index (χ1) is 17.4. The van der Waals surface area contributed by atoms with E-state index in [2.05, 4.69) is 109 Å². The van der Waals surface area contributed by atoms with Crippen molar-refractivity contribution in [2.45, 2.75) is 6.42 Å². The Kier molecular flexibility index (Phi) is 17.6. The van der Waals surface area contributed by atoms with Crippen molar-refractivity contribution in [1.82, 2.24) is 0 Å². The normalized spacial score (nSPS) is 9.95. The zero-order valence-corrected chi connectivity index (χ0v) is 23.8. The molecule has 0 saturated heterocycles. The van der Waals surface area contributed by atoms with Gasteiger partial charge in [0, 0.05) is 26.2 Å². The van der Waals surface area contributed by atoms with Gasteiger partial charge in [0.1, 0.15) is 0 Å². The van der Waals surface area contributed by atoms with Gasteiger partial charge in [-0.05, 0) is 0 Å². The molecule has 0 N–H and O–H groups in total. The fourth-order valence-electron chi connectivity index (χ4n) is 3.16. The van der Waals surface area contributed by atoms with Crippen LogP contribution < -0.4 is 0 Å². The van der Waals surface area contributed by atoms with Crippen LogP contribution in [0.25, 0.3) is 21.5 Å². The topological polar surface area (TPSA) is 0 Å². The molecule has 6 aromatic rings. The average molecular weight is 556 g/mol. The van der Waals surface area contributed by atoms with Gasteiger partial charge in [0.05, 0.1) is 0 Å². The molecule has 0 amide bonds. The van der Waals surface area contributed by atoms with E-state index >= 15 is 0 Å². The second kappa shape index (κ2) is 20.6. The standard InChI is InChI=1S/2C9H7.2C6H5.C5H5.CH3.Zr/c2*1-2-5-9-7-3-6-8(9)4-1;2*1-2-4-6-5-3-1;1-2-4-5-3-1;;/h2*1-7H;2*1-5H;1-3H,4H2;1H3;/q6*-1;. The summed E-state index contributed by atoms with van der Waals surface area (Å²) in [6.45, 7) is 0. The Labute approximate surface area is 242 Å². The predicted octanol–water partition coefficient (Wildman–Crippen LogP) is 9.84. The van der Waals surface area contributed by atoms with Crippen LogP contribution in [-0.2, 0) is 26.2 Å². The van der Waals surface area contributed by atoms with Crippen molar-refractivity contribution < 1.29 is 26.2 Å². The second-order valence-electron chi connectivity index (χ2n) is 7.47. The molecule has 0 nitrogen and oxygen atoms in total. The number of allylic oxidation sites excluding steroid dienone is 4. The van der Waals surface area contributed by atoms with Gasteiger partial charge in [-0.25, -0.2) is 12.2 Å². The molecule has 0 unspecified atom stereocenters. The maximum Gasteiger partial charge on any atom is 0 e. The minimum atomic E-state index is 0. The van der Waals surface area contributed by atoms with Crippen molar-refractivity contribution in [3.63, 3.8) is 0 Å². The second-order valence-corrected chi connectivity index (χ2v) is 7.47. The molecule has 1 aliphatic rings.